The summed E-state index contributed by atoms with van der Waals surface area (Å²) in [6.07, 6.45) is 2.54. The molecule has 4 heteroatoms. The second kappa shape index (κ2) is 5.65. The maximum absolute atomic E-state index is 10.0. The first kappa shape index (κ1) is 13.2. The SMILES string of the molecule is OC1CCCc2c(OCc3sccc3Br)cccc21. The van der Waals surface area contributed by atoms with Crippen molar-refractivity contribution in [3.05, 3.63) is 50.1 Å². The fraction of sp³-hybridized carbons (Fsp3) is 0.333. The quantitative estimate of drug-likeness (QED) is 0.895. The van der Waals surface area contributed by atoms with Gasteiger partial charge in [0, 0.05) is 4.47 Å². The molecule has 1 aliphatic carbocycles. The highest BCUT2D eigenvalue weighted by Crippen LogP contribution is 2.36. The minimum atomic E-state index is -0.333. The van der Waals surface area contributed by atoms with Gasteiger partial charge in [-0.15, -0.1) is 11.3 Å². The summed E-state index contributed by atoms with van der Waals surface area (Å²) < 4.78 is 7.05. The van der Waals surface area contributed by atoms with Crippen molar-refractivity contribution in [2.75, 3.05) is 0 Å². The number of hydrogen-bond acceptors (Lipinski definition) is 3. The lowest BCUT2D eigenvalue weighted by Crippen LogP contribution is -2.10. The number of halogens is 1. The normalized spacial score (nSPS) is 18.1. The van der Waals surface area contributed by atoms with Crippen LogP contribution in [-0.4, -0.2) is 5.11 Å². The van der Waals surface area contributed by atoms with E-state index in [0.29, 0.717) is 6.61 Å². The van der Waals surface area contributed by atoms with E-state index in [1.807, 2.05) is 29.6 Å². The van der Waals surface area contributed by atoms with Crippen LogP contribution in [0.25, 0.3) is 0 Å². The van der Waals surface area contributed by atoms with Crippen LogP contribution in [-0.2, 0) is 13.0 Å². The van der Waals surface area contributed by atoms with E-state index in [2.05, 4.69) is 15.9 Å². The van der Waals surface area contributed by atoms with E-state index >= 15 is 0 Å². The fourth-order valence-corrected chi connectivity index (χ4v) is 3.87. The van der Waals surface area contributed by atoms with Gasteiger partial charge in [-0.25, -0.2) is 0 Å². The summed E-state index contributed by atoms with van der Waals surface area (Å²) in [6.45, 7) is 0.574. The number of aliphatic hydroxyl groups is 1. The third-order valence-electron chi connectivity index (χ3n) is 3.48. The average Bonchev–Trinajstić information content (AvgIpc) is 2.82. The monoisotopic (exact) mass is 338 g/mol. The Morgan fingerprint density at radius 3 is 3.05 bits per heavy atom. The van der Waals surface area contributed by atoms with E-state index in [1.165, 1.54) is 10.4 Å². The lowest BCUT2D eigenvalue weighted by Gasteiger charge is -2.23. The highest BCUT2D eigenvalue weighted by molar-refractivity contribution is 9.10. The molecule has 2 nitrogen and oxygen atoms in total. The van der Waals surface area contributed by atoms with E-state index in [-0.39, 0.29) is 6.10 Å². The first-order valence-corrected chi connectivity index (χ1v) is 8.07. The molecular weight excluding hydrogens is 324 g/mol. The second-order valence-electron chi connectivity index (χ2n) is 4.71. The molecule has 1 heterocycles. The number of rotatable bonds is 3. The second-order valence-corrected chi connectivity index (χ2v) is 6.57. The van der Waals surface area contributed by atoms with Gasteiger partial charge in [0.1, 0.15) is 12.4 Å². The van der Waals surface area contributed by atoms with E-state index in [4.69, 9.17) is 4.74 Å². The van der Waals surface area contributed by atoms with Crippen LogP contribution in [0, 0.1) is 0 Å². The van der Waals surface area contributed by atoms with Gasteiger partial charge in [-0.05, 0) is 63.8 Å². The molecule has 0 saturated carbocycles. The molecule has 1 aromatic heterocycles. The van der Waals surface area contributed by atoms with Crippen molar-refractivity contribution in [1.82, 2.24) is 0 Å². The van der Waals surface area contributed by atoms with Crippen LogP contribution in [0.15, 0.2) is 34.1 Å². The van der Waals surface area contributed by atoms with Crippen LogP contribution < -0.4 is 4.74 Å². The lowest BCUT2D eigenvalue weighted by atomic mass is 9.89. The van der Waals surface area contributed by atoms with Gasteiger partial charge in [-0.2, -0.15) is 0 Å². The zero-order valence-electron chi connectivity index (χ0n) is 10.4. The van der Waals surface area contributed by atoms with Crippen molar-refractivity contribution in [3.63, 3.8) is 0 Å². The van der Waals surface area contributed by atoms with Crippen molar-refractivity contribution >= 4 is 27.3 Å². The van der Waals surface area contributed by atoms with E-state index in [9.17, 15) is 5.11 Å². The number of thiophene rings is 1. The first-order chi connectivity index (χ1) is 9.25. The van der Waals surface area contributed by atoms with Gasteiger partial charge in [0.2, 0.25) is 0 Å². The van der Waals surface area contributed by atoms with Crippen LogP contribution in [0.2, 0.25) is 0 Å². The van der Waals surface area contributed by atoms with Crippen LogP contribution in [0.5, 0.6) is 5.75 Å². The van der Waals surface area contributed by atoms with Gasteiger partial charge in [0.15, 0.2) is 0 Å². The van der Waals surface area contributed by atoms with Gasteiger partial charge in [0.25, 0.3) is 0 Å². The van der Waals surface area contributed by atoms with Gasteiger partial charge in [-0.1, -0.05) is 12.1 Å². The average molecular weight is 339 g/mol. The third-order valence-corrected chi connectivity index (χ3v) is 5.38. The van der Waals surface area contributed by atoms with Crippen molar-refractivity contribution in [1.29, 1.82) is 0 Å². The predicted molar refractivity (Wildman–Crippen MR) is 80.7 cm³/mol. The van der Waals surface area contributed by atoms with Crippen LogP contribution in [0.3, 0.4) is 0 Å². The summed E-state index contributed by atoms with van der Waals surface area (Å²) in [5, 5.41) is 12.1. The van der Waals surface area contributed by atoms with Gasteiger partial charge >= 0.3 is 0 Å². The van der Waals surface area contributed by atoms with Crippen molar-refractivity contribution in [2.45, 2.75) is 32.0 Å². The molecule has 1 N–H and O–H groups in total. The molecule has 0 aliphatic heterocycles. The summed E-state index contributed by atoms with van der Waals surface area (Å²) in [4.78, 5) is 1.19. The smallest absolute Gasteiger partial charge is 0.124 e. The number of fused-ring (bicyclic) bond motifs is 1. The van der Waals surface area contributed by atoms with Crippen molar-refractivity contribution in [2.24, 2.45) is 0 Å². The zero-order chi connectivity index (χ0) is 13.2. The van der Waals surface area contributed by atoms with Gasteiger partial charge in [0.05, 0.1) is 11.0 Å². The molecule has 1 atom stereocenters. The highest BCUT2D eigenvalue weighted by Gasteiger charge is 2.20. The van der Waals surface area contributed by atoms with E-state index in [0.717, 1.165) is 35.0 Å². The molecular formula is C15H15BrO2S. The zero-order valence-corrected chi connectivity index (χ0v) is 12.8. The Kier molecular flexibility index (Phi) is 3.91. The standard InChI is InChI=1S/C15H15BrO2S/c16-12-7-8-19-15(12)9-18-14-6-2-3-10-11(14)4-1-5-13(10)17/h2-3,6-8,13,17H,1,4-5,9H2. The maximum atomic E-state index is 10.0. The highest BCUT2D eigenvalue weighted by atomic mass is 79.9. The fourth-order valence-electron chi connectivity index (χ4n) is 2.50. The summed E-state index contributed by atoms with van der Waals surface area (Å²) in [6, 6.07) is 8.01. The Morgan fingerprint density at radius 2 is 2.26 bits per heavy atom. The number of aliphatic hydroxyl groups excluding tert-OH is 1. The van der Waals surface area contributed by atoms with Crippen LogP contribution in [0.1, 0.15) is 34.9 Å². The topological polar surface area (TPSA) is 29.5 Å². The predicted octanol–water partition coefficient (Wildman–Crippen LogP) is 4.46. The molecule has 1 aromatic carbocycles. The third kappa shape index (κ3) is 2.71. The van der Waals surface area contributed by atoms with Gasteiger partial charge < -0.3 is 9.84 Å². The van der Waals surface area contributed by atoms with Gasteiger partial charge in [-0.3, -0.25) is 0 Å². The number of benzene rings is 1. The molecule has 1 aliphatic rings. The minimum absolute atomic E-state index is 0.333. The molecule has 0 spiro atoms. The Morgan fingerprint density at radius 1 is 1.37 bits per heavy atom. The lowest BCUT2D eigenvalue weighted by molar-refractivity contribution is 0.155. The summed E-state index contributed by atoms with van der Waals surface area (Å²) >= 11 is 5.20. The number of hydrogen-bond donors (Lipinski definition) is 1. The van der Waals surface area contributed by atoms with Crippen LogP contribution in [0.4, 0.5) is 0 Å². The molecule has 0 bridgehead atoms. The number of ether oxygens (including phenoxy) is 1. The molecule has 0 amide bonds. The Balaban J connectivity index is 1.82. The summed E-state index contributed by atoms with van der Waals surface area (Å²) in [5.74, 6) is 0.913. The van der Waals surface area contributed by atoms with Crippen molar-refractivity contribution < 1.29 is 9.84 Å². The Labute approximate surface area is 125 Å². The minimum Gasteiger partial charge on any atom is -0.488 e. The molecule has 100 valence electrons. The Hall–Kier alpha value is -0.840. The molecule has 1 unspecified atom stereocenters. The first-order valence-electron chi connectivity index (χ1n) is 6.40. The molecule has 2 aromatic rings. The molecule has 19 heavy (non-hydrogen) atoms. The Bertz CT molecular complexity index is 579. The van der Waals surface area contributed by atoms with Crippen LogP contribution >= 0.6 is 27.3 Å². The summed E-state index contributed by atoms with van der Waals surface area (Å²) in [7, 11) is 0. The molecule has 0 radical (unpaired) electrons. The van der Waals surface area contributed by atoms with E-state index in [1.54, 1.807) is 11.3 Å². The molecule has 0 saturated heterocycles. The summed E-state index contributed by atoms with van der Waals surface area (Å²) in [5.41, 5.74) is 2.21. The van der Waals surface area contributed by atoms with Crippen molar-refractivity contribution in [3.8, 4) is 5.75 Å². The molecule has 0 fully saturated rings. The van der Waals surface area contributed by atoms with E-state index < -0.39 is 0 Å². The molecule has 3 rings (SSSR count). The maximum Gasteiger partial charge on any atom is 0.124 e. The largest absolute Gasteiger partial charge is 0.488 e.